The Bertz CT molecular complexity index is 301. The van der Waals surface area contributed by atoms with Gasteiger partial charge in [0.05, 0.1) is 6.42 Å². The lowest BCUT2D eigenvalue weighted by Crippen LogP contribution is -2.35. The Morgan fingerprint density at radius 3 is 2.67 bits per heavy atom. The molecule has 0 aliphatic carbocycles. The molecule has 1 atom stereocenters. The fourth-order valence-corrected chi connectivity index (χ4v) is 1.29. The molecule has 82 valence electrons. The van der Waals surface area contributed by atoms with Crippen LogP contribution in [0.15, 0.2) is 30.3 Å². The molecule has 0 bridgehead atoms. The van der Waals surface area contributed by atoms with Crippen molar-refractivity contribution < 1.29 is 9.90 Å². The zero-order chi connectivity index (χ0) is 11.1. The molecule has 1 aromatic carbocycles. The van der Waals surface area contributed by atoms with Crippen LogP contribution in [-0.2, 0) is 11.3 Å². The van der Waals surface area contributed by atoms with E-state index in [4.69, 9.17) is 10.8 Å². The maximum atomic E-state index is 10.3. The number of carbonyl (C=O) groups is 1. The second kappa shape index (κ2) is 6.16. The van der Waals surface area contributed by atoms with Gasteiger partial charge in [-0.3, -0.25) is 4.79 Å². The summed E-state index contributed by atoms with van der Waals surface area (Å²) < 4.78 is 0. The highest BCUT2D eigenvalue weighted by Gasteiger charge is 2.06. The molecule has 4 nitrogen and oxygen atoms in total. The third-order valence-corrected chi connectivity index (χ3v) is 2.02. The smallest absolute Gasteiger partial charge is 0.304 e. The number of nitrogens with two attached hydrogens (primary N) is 1. The summed E-state index contributed by atoms with van der Waals surface area (Å²) in [5.41, 5.74) is 6.76. The molecule has 0 aliphatic rings. The summed E-state index contributed by atoms with van der Waals surface area (Å²) in [6.07, 6.45) is 0.00178. The van der Waals surface area contributed by atoms with Crippen molar-refractivity contribution in [3.63, 3.8) is 0 Å². The van der Waals surface area contributed by atoms with Crippen LogP contribution in [0.25, 0.3) is 0 Å². The molecule has 1 aromatic rings. The Morgan fingerprint density at radius 1 is 1.40 bits per heavy atom. The van der Waals surface area contributed by atoms with Gasteiger partial charge in [0.15, 0.2) is 0 Å². The first-order chi connectivity index (χ1) is 7.18. The Balaban J connectivity index is 2.19. The van der Waals surface area contributed by atoms with Gasteiger partial charge in [-0.25, -0.2) is 0 Å². The van der Waals surface area contributed by atoms with Crippen LogP contribution in [0, 0.1) is 0 Å². The van der Waals surface area contributed by atoms with Crippen molar-refractivity contribution in [2.75, 3.05) is 6.54 Å². The normalized spacial score (nSPS) is 12.3. The van der Waals surface area contributed by atoms with Gasteiger partial charge >= 0.3 is 5.97 Å². The lowest BCUT2D eigenvalue weighted by atomic mass is 10.2. The molecule has 4 N–H and O–H groups in total. The molecule has 4 heteroatoms. The molecule has 0 amide bonds. The van der Waals surface area contributed by atoms with Crippen molar-refractivity contribution in [1.82, 2.24) is 5.32 Å². The largest absolute Gasteiger partial charge is 0.481 e. The molecule has 0 saturated carbocycles. The maximum absolute atomic E-state index is 10.3. The average Bonchev–Trinajstić information content (AvgIpc) is 2.18. The average molecular weight is 208 g/mol. The van der Waals surface area contributed by atoms with E-state index in [0.717, 1.165) is 0 Å². The van der Waals surface area contributed by atoms with Gasteiger partial charge in [0.2, 0.25) is 0 Å². The van der Waals surface area contributed by atoms with Crippen molar-refractivity contribution in [1.29, 1.82) is 0 Å². The maximum Gasteiger partial charge on any atom is 0.304 e. The summed E-state index contributed by atoms with van der Waals surface area (Å²) in [5.74, 6) is -0.857. The number of aliphatic carboxylic acids is 1. The minimum atomic E-state index is -0.857. The van der Waals surface area contributed by atoms with Gasteiger partial charge in [-0.05, 0) is 5.56 Å². The number of rotatable bonds is 6. The Kier molecular flexibility index (Phi) is 4.80. The number of benzene rings is 1. The van der Waals surface area contributed by atoms with Crippen molar-refractivity contribution in [3.8, 4) is 0 Å². The Hall–Kier alpha value is -1.39. The summed E-state index contributed by atoms with van der Waals surface area (Å²) in [7, 11) is 0. The van der Waals surface area contributed by atoms with Gasteiger partial charge in [0, 0.05) is 19.1 Å². The van der Waals surface area contributed by atoms with E-state index >= 15 is 0 Å². The molecule has 0 fully saturated rings. The number of hydrogen-bond donors (Lipinski definition) is 3. The van der Waals surface area contributed by atoms with E-state index in [1.165, 1.54) is 5.56 Å². The van der Waals surface area contributed by atoms with Gasteiger partial charge in [-0.1, -0.05) is 30.3 Å². The first-order valence-corrected chi connectivity index (χ1v) is 4.90. The van der Waals surface area contributed by atoms with Crippen molar-refractivity contribution in [3.05, 3.63) is 35.9 Å². The van der Waals surface area contributed by atoms with Gasteiger partial charge in [-0.2, -0.15) is 0 Å². The first kappa shape index (κ1) is 11.7. The second-order valence-electron chi connectivity index (χ2n) is 3.47. The molecular weight excluding hydrogens is 192 g/mol. The number of carboxylic acid groups (broad SMARTS) is 1. The topological polar surface area (TPSA) is 75.3 Å². The predicted octanol–water partition coefficient (Wildman–Crippen LogP) is 0.578. The molecule has 0 heterocycles. The van der Waals surface area contributed by atoms with Crippen LogP contribution in [0.5, 0.6) is 0 Å². The molecule has 0 aromatic heterocycles. The molecule has 1 rings (SSSR count). The zero-order valence-electron chi connectivity index (χ0n) is 8.52. The van der Waals surface area contributed by atoms with Gasteiger partial charge in [-0.15, -0.1) is 0 Å². The quantitative estimate of drug-likeness (QED) is 0.639. The van der Waals surface area contributed by atoms with E-state index in [1.54, 1.807) is 0 Å². The number of nitrogens with one attached hydrogen (secondary N) is 1. The summed E-state index contributed by atoms with van der Waals surface area (Å²) in [4.78, 5) is 10.3. The Labute approximate surface area is 89.1 Å². The van der Waals surface area contributed by atoms with Crippen LogP contribution in [0.1, 0.15) is 12.0 Å². The molecule has 0 aliphatic heterocycles. The van der Waals surface area contributed by atoms with Crippen LogP contribution in [-0.4, -0.2) is 23.7 Å². The summed E-state index contributed by atoms with van der Waals surface area (Å²) in [6, 6.07) is 9.58. The second-order valence-corrected chi connectivity index (χ2v) is 3.47. The predicted molar refractivity (Wildman–Crippen MR) is 58.4 cm³/mol. The summed E-state index contributed by atoms with van der Waals surface area (Å²) >= 11 is 0. The van der Waals surface area contributed by atoms with Crippen LogP contribution in [0.3, 0.4) is 0 Å². The molecule has 0 spiro atoms. The molecule has 0 saturated heterocycles. The van der Waals surface area contributed by atoms with E-state index in [9.17, 15) is 4.79 Å². The Morgan fingerprint density at radius 2 is 2.07 bits per heavy atom. The van der Waals surface area contributed by atoms with Crippen LogP contribution >= 0.6 is 0 Å². The fourth-order valence-electron chi connectivity index (χ4n) is 1.29. The molecule has 0 radical (unpaired) electrons. The monoisotopic (exact) mass is 208 g/mol. The van der Waals surface area contributed by atoms with Crippen LogP contribution in [0.2, 0.25) is 0 Å². The first-order valence-electron chi connectivity index (χ1n) is 4.90. The third kappa shape index (κ3) is 5.15. The summed E-state index contributed by atoms with van der Waals surface area (Å²) in [6.45, 7) is 1.23. The lowest BCUT2D eigenvalue weighted by molar-refractivity contribution is -0.137. The zero-order valence-corrected chi connectivity index (χ0v) is 8.52. The third-order valence-electron chi connectivity index (χ3n) is 2.02. The highest BCUT2D eigenvalue weighted by atomic mass is 16.4. The van der Waals surface area contributed by atoms with Crippen LogP contribution < -0.4 is 11.1 Å². The van der Waals surface area contributed by atoms with E-state index in [0.29, 0.717) is 13.1 Å². The highest BCUT2D eigenvalue weighted by molar-refractivity contribution is 5.67. The van der Waals surface area contributed by atoms with Crippen molar-refractivity contribution in [2.24, 2.45) is 5.73 Å². The van der Waals surface area contributed by atoms with Gasteiger partial charge < -0.3 is 16.2 Å². The van der Waals surface area contributed by atoms with Crippen LogP contribution in [0.4, 0.5) is 0 Å². The summed E-state index contributed by atoms with van der Waals surface area (Å²) in [5, 5.41) is 11.6. The molecule has 1 unspecified atom stereocenters. The van der Waals surface area contributed by atoms with E-state index in [1.807, 2.05) is 30.3 Å². The van der Waals surface area contributed by atoms with E-state index in [2.05, 4.69) is 5.32 Å². The molecule has 15 heavy (non-hydrogen) atoms. The number of hydrogen-bond acceptors (Lipinski definition) is 3. The fraction of sp³-hybridized carbons (Fsp3) is 0.364. The standard InChI is InChI=1S/C11H16N2O2/c12-10(6-11(14)15)8-13-7-9-4-2-1-3-5-9/h1-5,10,13H,6-8,12H2,(H,14,15). The van der Waals surface area contributed by atoms with Crippen molar-refractivity contribution in [2.45, 2.75) is 19.0 Å². The van der Waals surface area contributed by atoms with E-state index < -0.39 is 5.97 Å². The lowest BCUT2D eigenvalue weighted by Gasteiger charge is -2.10. The van der Waals surface area contributed by atoms with Crippen molar-refractivity contribution >= 4 is 5.97 Å². The van der Waals surface area contributed by atoms with Gasteiger partial charge in [0.25, 0.3) is 0 Å². The minimum absolute atomic E-state index is 0.00178. The van der Waals surface area contributed by atoms with Gasteiger partial charge in [0.1, 0.15) is 0 Å². The minimum Gasteiger partial charge on any atom is -0.481 e. The number of carboxylic acids is 1. The molecular formula is C11H16N2O2. The van der Waals surface area contributed by atoms with E-state index in [-0.39, 0.29) is 12.5 Å². The SMILES string of the molecule is NC(CNCc1ccccc1)CC(=O)O. The highest BCUT2D eigenvalue weighted by Crippen LogP contribution is 1.97.